The molecule has 2 fully saturated rings. The van der Waals surface area contributed by atoms with Crippen LogP contribution in [0.1, 0.15) is 44.6 Å². The number of carbonyl (C=O) groups excluding carboxylic acids is 2. The predicted octanol–water partition coefficient (Wildman–Crippen LogP) is 5.20. The van der Waals surface area contributed by atoms with Crippen molar-refractivity contribution >= 4 is 17.6 Å². The third-order valence-electron chi connectivity index (χ3n) is 7.16. The smallest absolute Gasteiger partial charge is 0.321 e. The summed E-state index contributed by atoms with van der Waals surface area (Å²) in [5, 5.41) is 2.94. The van der Waals surface area contributed by atoms with Crippen LogP contribution in [0.4, 0.5) is 10.5 Å². The van der Waals surface area contributed by atoms with Crippen LogP contribution in [0.25, 0.3) is 0 Å². The molecular formula is C28H37N3O3. The van der Waals surface area contributed by atoms with Crippen LogP contribution < -0.4 is 10.1 Å². The van der Waals surface area contributed by atoms with Crippen molar-refractivity contribution in [2.45, 2.75) is 45.4 Å². The molecule has 4 rings (SSSR count). The Kier molecular flexibility index (Phi) is 8.45. The van der Waals surface area contributed by atoms with Gasteiger partial charge in [0.25, 0.3) is 0 Å². The number of rotatable bonds is 7. The molecule has 2 heterocycles. The predicted molar refractivity (Wildman–Crippen MR) is 135 cm³/mol. The number of hydrogen-bond acceptors (Lipinski definition) is 3. The minimum Gasteiger partial charge on any atom is -0.494 e. The zero-order valence-electron chi connectivity index (χ0n) is 20.2. The summed E-state index contributed by atoms with van der Waals surface area (Å²) in [4.78, 5) is 29.5. The van der Waals surface area contributed by atoms with E-state index in [1.165, 1.54) is 12.0 Å². The van der Waals surface area contributed by atoms with Gasteiger partial charge in [-0.25, -0.2) is 4.79 Å². The number of nitrogens with zero attached hydrogens (tertiary/aromatic N) is 2. The van der Waals surface area contributed by atoms with Crippen molar-refractivity contribution in [1.29, 1.82) is 0 Å². The Morgan fingerprint density at radius 1 is 0.882 bits per heavy atom. The van der Waals surface area contributed by atoms with Crippen LogP contribution >= 0.6 is 0 Å². The summed E-state index contributed by atoms with van der Waals surface area (Å²) in [6, 6.07) is 17.9. The molecule has 0 aromatic heterocycles. The Bertz CT molecular complexity index is 916. The number of urea groups is 1. The molecule has 2 aromatic rings. The van der Waals surface area contributed by atoms with Crippen LogP contribution in [0.2, 0.25) is 0 Å². The van der Waals surface area contributed by atoms with Gasteiger partial charge in [0, 0.05) is 37.8 Å². The number of piperidine rings is 2. The maximum atomic E-state index is 13.1. The SMILES string of the molecule is CCOc1ccc(CCC2CCN(C(=O)C3CCN(C(=O)Nc4ccccc4)CC3)CC2)cc1. The number of benzene rings is 2. The maximum absolute atomic E-state index is 13.1. The summed E-state index contributed by atoms with van der Waals surface area (Å²) in [5.74, 6) is 1.94. The van der Waals surface area contributed by atoms with E-state index in [-0.39, 0.29) is 17.9 Å². The Hall–Kier alpha value is -3.02. The summed E-state index contributed by atoms with van der Waals surface area (Å²) in [5.41, 5.74) is 2.15. The number of carbonyl (C=O) groups is 2. The summed E-state index contributed by atoms with van der Waals surface area (Å²) >= 11 is 0. The second kappa shape index (κ2) is 11.9. The fourth-order valence-corrected chi connectivity index (χ4v) is 5.04. The fraction of sp³-hybridized carbons (Fsp3) is 0.500. The van der Waals surface area contributed by atoms with Crippen molar-refractivity contribution in [1.82, 2.24) is 9.80 Å². The third kappa shape index (κ3) is 6.52. The van der Waals surface area contributed by atoms with Crippen LogP contribution in [0.3, 0.4) is 0 Å². The van der Waals surface area contributed by atoms with E-state index in [2.05, 4.69) is 34.5 Å². The maximum Gasteiger partial charge on any atom is 0.321 e. The molecule has 1 N–H and O–H groups in total. The monoisotopic (exact) mass is 463 g/mol. The minimum absolute atomic E-state index is 0.0428. The molecule has 2 aliphatic rings. The van der Waals surface area contributed by atoms with Gasteiger partial charge >= 0.3 is 6.03 Å². The van der Waals surface area contributed by atoms with Crippen molar-refractivity contribution in [3.63, 3.8) is 0 Å². The van der Waals surface area contributed by atoms with Crippen LogP contribution in [0, 0.1) is 11.8 Å². The summed E-state index contributed by atoms with van der Waals surface area (Å²) < 4.78 is 5.52. The average Bonchev–Trinajstić information content (AvgIpc) is 2.89. The van der Waals surface area contributed by atoms with E-state index in [9.17, 15) is 9.59 Å². The number of para-hydroxylation sites is 1. The molecule has 0 atom stereocenters. The average molecular weight is 464 g/mol. The van der Waals surface area contributed by atoms with Gasteiger partial charge in [-0.15, -0.1) is 0 Å². The molecule has 182 valence electrons. The largest absolute Gasteiger partial charge is 0.494 e. The van der Waals surface area contributed by atoms with Crippen LogP contribution in [-0.2, 0) is 11.2 Å². The van der Waals surface area contributed by atoms with Gasteiger partial charge in [0.2, 0.25) is 5.91 Å². The fourth-order valence-electron chi connectivity index (χ4n) is 5.04. The molecule has 6 nitrogen and oxygen atoms in total. The number of nitrogens with one attached hydrogen (secondary N) is 1. The molecule has 0 spiro atoms. The zero-order chi connectivity index (χ0) is 23.8. The zero-order valence-corrected chi connectivity index (χ0v) is 20.2. The Morgan fingerprint density at radius 3 is 2.18 bits per heavy atom. The van der Waals surface area contributed by atoms with E-state index in [0.29, 0.717) is 25.6 Å². The van der Waals surface area contributed by atoms with E-state index in [1.54, 1.807) is 0 Å². The van der Waals surface area contributed by atoms with Gasteiger partial charge in [0.05, 0.1) is 6.61 Å². The highest BCUT2D eigenvalue weighted by molar-refractivity contribution is 5.89. The molecule has 0 bridgehead atoms. The van der Waals surface area contributed by atoms with Crippen LogP contribution in [0.5, 0.6) is 5.75 Å². The second-order valence-corrected chi connectivity index (χ2v) is 9.44. The van der Waals surface area contributed by atoms with E-state index in [0.717, 1.165) is 56.6 Å². The van der Waals surface area contributed by atoms with Gasteiger partial charge in [-0.3, -0.25) is 4.79 Å². The van der Waals surface area contributed by atoms with Gasteiger partial charge in [-0.1, -0.05) is 30.3 Å². The number of anilines is 1. The van der Waals surface area contributed by atoms with Gasteiger partial charge in [-0.2, -0.15) is 0 Å². The lowest BCUT2D eigenvalue weighted by Crippen LogP contribution is -2.47. The van der Waals surface area contributed by atoms with E-state index >= 15 is 0 Å². The molecule has 2 saturated heterocycles. The quantitative estimate of drug-likeness (QED) is 0.614. The lowest BCUT2D eigenvalue weighted by molar-refractivity contribution is -0.138. The molecule has 2 aliphatic heterocycles. The number of aryl methyl sites for hydroxylation is 1. The van der Waals surface area contributed by atoms with Gasteiger partial charge in [-0.05, 0) is 81.2 Å². The normalized spacial score (nSPS) is 17.4. The molecule has 0 saturated carbocycles. The van der Waals surface area contributed by atoms with E-state index in [4.69, 9.17) is 4.74 Å². The summed E-state index contributed by atoms with van der Waals surface area (Å²) in [6.07, 6.45) is 5.92. The molecule has 2 aromatic carbocycles. The van der Waals surface area contributed by atoms with Crippen LogP contribution in [0.15, 0.2) is 54.6 Å². The molecular weight excluding hydrogens is 426 g/mol. The standard InChI is InChI=1S/C28H37N3O3/c1-2-34-26-12-10-22(11-13-26)8-9-23-14-18-30(19-15-23)27(32)24-16-20-31(21-17-24)28(33)29-25-6-4-3-5-7-25/h3-7,10-13,23-24H,2,8-9,14-21H2,1H3,(H,29,33). The lowest BCUT2D eigenvalue weighted by Gasteiger charge is -2.37. The van der Waals surface area contributed by atoms with Crippen molar-refractivity contribution in [2.75, 3.05) is 38.1 Å². The molecule has 0 radical (unpaired) electrons. The van der Waals surface area contributed by atoms with E-state index in [1.807, 2.05) is 42.2 Å². The molecule has 34 heavy (non-hydrogen) atoms. The first-order chi connectivity index (χ1) is 16.6. The van der Waals surface area contributed by atoms with Crippen molar-refractivity contribution < 1.29 is 14.3 Å². The topological polar surface area (TPSA) is 61.9 Å². The summed E-state index contributed by atoms with van der Waals surface area (Å²) in [6.45, 7) is 5.68. The Morgan fingerprint density at radius 2 is 1.53 bits per heavy atom. The second-order valence-electron chi connectivity index (χ2n) is 9.44. The van der Waals surface area contributed by atoms with Crippen molar-refractivity contribution in [2.24, 2.45) is 11.8 Å². The summed E-state index contributed by atoms with van der Waals surface area (Å²) in [7, 11) is 0. The third-order valence-corrected chi connectivity index (χ3v) is 7.16. The van der Waals surface area contributed by atoms with Gasteiger partial charge < -0.3 is 19.9 Å². The highest BCUT2D eigenvalue weighted by atomic mass is 16.5. The van der Waals surface area contributed by atoms with Crippen molar-refractivity contribution in [3.8, 4) is 5.75 Å². The van der Waals surface area contributed by atoms with Gasteiger partial charge in [0.1, 0.15) is 5.75 Å². The molecule has 0 aliphatic carbocycles. The number of likely N-dealkylation sites (tertiary alicyclic amines) is 2. The number of hydrogen-bond donors (Lipinski definition) is 1. The Labute approximate surface area is 203 Å². The highest BCUT2D eigenvalue weighted by Crippen LogP contribution is 2.27. The minimum atomic E-state index is -0.0783. The van der Waals surface area contributed by atoms with Crippen molar-refractivity contribution in [3.05, 3.63) is 60.2 Å². The van der Waals surface area contributed by atoms with Gasteiger partial charge in [0.15, 0.2) is 0 Å². The first kappa shape index (κ1) is 24.1. The van der Waals surface area contributed by atoms with E-state index < -0.39 is 0 Å². The first-order valence-corrected chi connectivity index (χ1v) is 12.7. The van der Waals surface area contributed by atoms with Crippen LogP contribution in [-0.4, -0.2) is 54.5 Å². The molecule has 0 unspecified atom stereocenters. The first-order valence-electron chi connectivity index (χ1n) is 12.7. The molecule has 6 heteroatoms. The highest BCUT2D eigenvalue weighted by Gasteiger charge is 2.32. The number of amides is 3. The Balaban J connectivity index is 1.16. The lowest BCUT2D eigenvalue weighted by atomic mass is 9.89. The number of ether oxygens (including phenoxy) is 1. The molecule has 3 amide bonds.